The molecule has 7 heteroatoms. The molecule has 0 bridgehead atoms. The van der Waals surface area contributed by atoms with Crippen LogP contribution >= 0.6 is 11.3 Å². The third kappa shape index (κ3) is 3.90. The molecular weight excluding hydrogens is 634 g/mol. The summed E-state index contributed by atoms with van der Waals surface area (Å²) in [4.78, 5) is 0.847. The molecule has 34 heavy (non-hydrogen) atoms. The van der Waals surface area contributed by atoms with Crippen LogP contribution in [0.2, 0.25) is 0 Å². The molecule has 6 rings (SSSR count). The molecule has 0 saturated carbocycles. The van der Waals surface area contributed by atoms with Crippen molar-refractivity contribution in [2.24, 2.45) is 0 Å². The molecule has 0 saturated heterocycles. The molecule has 2 heterocycles. The maximum atomic E-state index is 13.4. The largest absolute Gasteiger partial charge is 0.416 e. The zero-order valence-electron chi connectivity index (χ0n) is 17.4. The van der Waals surface area contributed by atoms with Gasteiger partial charge in [0.2, 0.25) is 0 Å². The number of benzene rings is 4. The first-order valence-corrected chi connectivity index (χ1v) is 11.1. The summed E-state index contributed by atoms with van der Waals surface area (Å²) in [7, 11) is 0. The van der Waals surface area contributed by atoms with Crippen LogP contribution in [0.15, 0.2) is 84.9 Å². The molecule has 2 aromatic heterocycles. The Hall–Kier alpha value is -3.12. The Morgan fingerprint density at radius 1 is 0.706 bits per heavy atom. The SMILES string of the molecule is FC(F)(F)c1cccc(-c2nnc(-c3[c-]c4ccccc4s3)c3cc4ccccc4cc23)c1.[Ir]. The third-order valence-corrected chi connectivity index (χ3v) is 6.75. The number of thiophene rings is 1. The molecule has 1 radical (unpaired) electrons. The molecule has 0 spiro atoms. The van der Waals surface area contributed by atoms with E-state index in [-0.39, 0.29) is 20.1 Å². The number of aromatic nitrogens is 2. The van der Waals surface area contributed by atoms with E-state index in [4.69, 9.17) is 0 Å². The van der Waals surface area contributed by atoms with Crippen LogP contribution in [0.4, 0.5) is 13.2 Å². The number of alkyl halides is 3. The van der Waals surface area contributed by atoms with Crippen LogP contribution in [-0.4, -0.2) is 10.2 Å². The Balaban J connectivity index is 0.00000241. The predicted octanol–water partition coefficient (Wildman–Crippen LogP) is 8.15. The fourth-order valence-electron chi connectivity index (χ4n) is 4.09. The van der Waals surface area contributed by atoms with Crippen LogP contribution in [0.3, 0.4) is 0 Å². The Morgan fingerprint density at radius 3 is 2.06 bits per heavy atom. The molecule has 0 aliphatic heterocycles. The van der Waals surface area contributed by atoms with E-state index in [9.17, 15) is 13.2 Å². The zero-order valence-corrected chi connectivity index (χ0v) is 20.6. The van der Waals surface area contributed by atoms with Crippen LogP contribution in [0, 0.1) is 6.07 Å². The van der Waals surface area contributed by atoms with E-state index in [1.54, 1.807) is 17.4 Å². The van der Waals surface area contributed by atoms with Gasteiger partial charge in [-0.1, -0.05) is 54.6 Å². The second kappa shape index (κ2) is 8.58. The van der Waals surface area contributed by atoms with Gasteiger partial charge in [0.25, 0.3) is 0 Å². The Labute approximate surface area is 210 Å². The van der Waals surface area contributed by atoms with Crippen molar-refractivity contribution in [2.75, 3.05) is 0 Å². The van der Waals surface area contributed by atoms with Crippen molar-refractivity contribution in [3.05, 3.63) is 96.6 Å². The van der Waals surface area contributed by atoms with Crippen LogP contribution in [0.25, 0.3) is 53.5 Å². The standard InChI is InChI=1S/C27H14F3N2S.Ir/c28-27(29,30)20-10-5-9-19(12-20)25-21-13-16-6-1-2-7-17(16)14-22(21)26(32-31-25)24-15-18-8-3-4-11-23(18)33-24;/h1-14H;/q-1;. The molecule has 0 unspecified atom stereocenters. The van der Waals surface area contributed by atoms with E-state index in [0.717, 1.165) is 48.6 Å². The summed E-state index contributed by atoms with van der Waals surface area (Å²) in [5.74, 6) is 0. The van der Waals surface area contributed by atoms with Gasteiger partial charge in [-0.3, -0.25) is 0 Å². The number of hydrogen-bond acceptors (Lipinski definition) is 3. The van der Waals surface area contributed by atoms with Gasteiger partial charge in [-0.25, -0.2) is 11.3 Å². The topological polar surface area (TPSA) is 25.8 Å². The van der Waals surface area contributed by atoms with E-state index in [1.807, 2.05) is 60.7 Å². The minimum Gasteiger partial charge on any atom is -0.206 e. The van der Waals surface area contributed by atoms with Crippen molar-refractivity contribution in [1.82, 2.24) is 10.2 Å². The van der Waals surface area contributed by atoms with Gasteiger partial charge in [0.1, 0.15) is 0 Å². The average molecular weight is 648 g/mol. The normalized spacial score (nSPS) is 11.7. The first-order chi connectivity index (χ1) is 16.0. The first-order valence-electron chi connectivity index (χ1n) is 10.3. The van der Waals surface area contributed by atoms with Crippen LogP contribution in [0.5, 0.6) is 0 Å². The minimum atomic E-state index is -4.43. The van der Waals surface area contributed by atoms with E-state index in [1.165, 1.54) is 6.07 Å². The maximum absolute atomic E-state index is 13.4. The van der Waals surface area contributed by atoms with E-state index in [2.05, 4.69) is 16.3 Å². The van der Waals surface area contributed by atoms with Crippen LogP contribution in [0.1, 0.15) is 5.56 Å². The van der Waals surface area contributed by atoms with Crippen molar-refractivity contribution in [2.45, 2.75) is 6.18 Å². The van der Waals surface area contributed by atoms with Crippen molar-refractivity contribution in [3.8, 4) is 21.8 Å². The zero-order chi connectivity index (χ0) is 22.6. The molecule has 0 N–H and O–H groups in total. The summed E-state index contributed by atoms with van der Waals surface area (Å²) in [6.45, 7) is 0. The summed E-state index contributed by atoms with van der Waals surface area (Å²) >= 11 is 1.57. The Kier molecular flexibility index (Phi) is 5.72. The molecule has 6 aromatic rings. The van der Waals surface area contributed by atoms with Crippen LogP contribution < -0.4 is 0 Å². The molecule has 0 aliphatic rings. The monoisotopic (exact) mass is 648 g/mol. The molecule has 4 aromatic carbocycles. The van der Waals surface area contributed by atoms with E-state index < -0.39 is 11.7 Å². The third-order valence-electron chi connectivity index (χ3n) is 5.67. The number of halogens is 3. The van der Waals surface area contributed by atoms with Gasteiger partial charge in [0, 0.05) is 36.7 Å². The van der Waals surface area contributed by atoms with Crippen molar-refractivity contribution < 1.29 is 33.3 Å². The second-order valence-electron chi connectivity index (χ2n) is 7.77. The molecule has 2 nitrogen and oxygen atoms in total. The molecule has 0 atom stereocenters. The van der Waals surface area contributed by atoms with E-state index in [0.29, 0.717) is 17.0 Å². The van der Waals surface area contributed by atoms with Gasteiger partial charge in [-0.05, 0) is 43.9 Å². The van der Waals surface area contributed by atoms with Gasteiger partial charge in [-0.15, -0.1) is 23.6 Å². The smallest absolute Gasteiger partial charge is 0.206 e. The molecular formula is C27H14F3IrN2S-. The fourth-order valence-corrected chi connectivity index (χ4v) is 5.09. The van der Waals surface area contributed by atoms with Crippen molar-refractivity contribution in [3.63, 3.8) is 0 Å². The van der Waals surface area contributed by atoms with Crippen molar-refractivity contribution in [1.29, 1.82) is 0 Å². The summed E-state index contributed by atoms with van der Waals surface area (Å²) in [5, 5.41) is 13.5. The number of fused-ring (bicyclic) bond motifs is 3. The summed E-state index contributed by atoms with van der Waals surface area (Å²) in [6.07, 6.45) is -4.43. The molecule has 0 fully saturated rings. The molecule has 0 amide bonds. The molecule has 0 aliphatic carbocycles. The Morgan fingerprint density at radius 2 is 1.35 bits per heavy atom. The Bertz CT molecular complexity index is 1640. The van der Waals surface area contributed by atoms with Gasteiger partial charge >= 0.3 is 6.18 Å². The van der Waals surface area contributed by atoms with Gasteiger partial charge in [-0.2, -0.15) is 23.4 Å². The second-order valence-corrected chi connectivity index (χ2v) is 8.83. The van der Waals surface area contributed by atoms with Gasteiger partial charge in [0.15, 0.2) is 0 Å². The number of rotatable bonds is 2. The summed E-state index contributed by atoms with van der Waals surface area (Å²) in [5.41, 5.74) is 0.765. The quantitative estimate of drug-likeness (QED) is 0.140. The fraction of sp³-hybridized carbons (Fsp3) is 0.0370. The first kappa shape index (κ1) is 22.7. The predicted molar refractivity (Wildman–Crippen MR) is 127 cm³/mol. The summed E-state index contributed by atoms with van der Waals surface area (Å²) in [6, 6.07) is 28.5. The molecule has 169 valence electrons. The average Bonchev–Trinajstić information content (AvgIpc) is 3.26. The van der Waals surface area contributed by atoms with Crippen LogP contribution in [-0.2, 0) is 26.3 Å². The maximum Gasteiger partial charge on any atom is 0.416 e. The minimum absolute atomic E-state index is 0. The van der Waals surface area contributed by atoms with Gasteiger partial charge in [0.05, 0.1) is 11.3 Å². The van der Waals surface area contributed by atoms with Gasteiger partial charge < -0.3 is 0 Å². The van der Waals surface area contributed by atoms with Crippen molar-refractivity contribution >= 4 is 43.0 Å². The number of hydrogen-bond donors (Lipinski definition) is 0. The summed E-state index contributed by atoms with van der Waals surface area (Å²) < 4.78 is 41.1. The van der Waals surface area contributed by atoms with E-state index >= 15 is 0 Å². The number of nitrogens with zero attached hydrogens (tertiary/aromatic N) is 2.